The first-order valence-corrected chi connectivity index (χ1v) is 9.52. The van der Waals surface area contributed by atoms with E-state index in [9.17, 15) is 4.79 Å². The molecule has 0 N–H and O–H groups in total. The minimum atomic E-state index is -0.293. The summed E-state index contributed by atoms with van der Waals surface area (Å²) in [6.07, 6.45) is 1.10. The zero-order valence-electron chi connectivity index (χ0n) is 14.9. The Morgan fingerprint density at radius 3 is 2.72 bits per heavy atom. The second kappa shape index (κ2) is 5.53. The van der Waals surface area contributed by atoms with Crippen molar-refractivity contribution >= 4 is 26.8 Å². The van der Waals surface area contributed by atoms with Crippen molar-refractivity contribution in [3.8, 4) is 5.69 Å². The van der Waals surface area contributed by atoms with Crippen LogP contribution in [0.25, 0.3) is 16.6 Å². The number of benzene rings is 2. The van der Waals surface area contributed by atoms with Crippen molar-refractivity contribution in [1.82, 2.24) is 9.55 Å². The van der Waals surface area contributed by atoms with Crippen LogP contribution >= 0.6 is 15.9 Å². The highest BCUT2D eigenvalue weighted by molar-refractivity contribution is 9.10. The summed E-state index contributed by atoms with van der Waals surface area (Å²) >= 11 is 3.52. The molecule has 25 heavy (non-hydrogen) atoms. The van der Waals surface area contributed by atoms with Crippen LogP contribution < -0.4 is 5.56 Å². The zero-order chi connectivity index (χ0) is 17.9. The first-order chi connectivity index (χ1) is 11.9. The molecule has 128 valence electrons. The summed E-state index contributed by atoms with van der Waals surface area (Å²) in [4.78, 5) is 17.1. The van der Waals surface area contributed by atoms with Crippen molar-refractivity contribution in [2.24, 2.45) is 0 Å². The molecule has 3 aromatic rings. The van der Waals surface area contributed by atoms with Gasteiger partial charge in [-0.15, -0.1) is 0 Å². The quantitative estimate of drug-likeness (QED) is 0.588. The smallest absolute Gasteiger partial charge is 0.281 e. The fourth-order valence-corrected chi connectivity index (χ4v) is 4.34. The van der Waals surface area contributed by atoms with E-state index in [4.69, 9.17) is 0 Å². The third-order valence-corrected chi connectivity index (χ3v) is 6.20. The monoisotopic (exact) mass is 396 g/mol. The van der Waals surface area contributed by atoms with Crippen molar-refractivity contribution in [2.45, 2.75) is 45.4 Å². The van der Waals surface area contributed by atoms with E-state index in [1.807, 2.05) is 18.2 Å². The van der Waals surface area contributed by atoms with Gasteiger partial charge >= 0.3 is 0 Å². The lowest BCUT2D eigenvalue weighted by atomic mass is 9.84. The summed E-state index contributed by atoms with van der Waals surface area (Å²) in [6.45, 7) is 8.75. The number of halogens is 1. The third-order valence-electron chi connectivity index (χ3n) is 5.54. The number of fused-ring (bicyclic) bond motifs is 5. The molecule has 3 nitrogen and oxygen atoms in total. The number of hydrogen-bond acceptors (Lipinski definition) is 2. The van der Waals surface area contributed by atoms with Crippen LogP contribution in [-0.4, -0.2) is 9.55 Å². The molecule has 1 unspecified atom stereocenters. The van der Waals surface area contributed by atoms with E-state index in [0.717, 1.165) is 27.9 Å². The second-order valence-corrected chi connectivity index (χ2v) is 8.28. The summed E-state index contributed by atoms with van der Waals surface area (Å²) in [5.74, 6) is 1.32. The van der Waals surface area contributed by atoms with Gasteiger partial charge in [-0.3, -0.25) is 9.36 Å². The van der Waals surface area contributed by atoms with Gasteiger partial charge in [-0.2, -0.15) is 4.98 Å². The van der Waals surface area contributed by atoms with Crippen LogP contribution in [0.15, 0.2) is 45.7 Å². The van der Waals surface area contributed by atoms with Gasteiger partial charge in [0, 0.05) is 4.47 Å². The molecule has 0 bridgehead atoms. The van der Waals surface area contributed by atoms with Crippen LogP contribution in [0.1, 0.15) is 57.0 Å². The maximum Gasteiger partial charge on any atom is 0.281 e. The predicted octanol–water partition coefficient (Wildman–Crippen LogP) is 5.30. The van der Waals surface area contributed by atoms with Gasteiger partial charge in [-0.25, -0.2) is 0 Å². The van der Waals surface area contributed by atoms with Crippen molar-refractivity contribution in [1.29, 1.82) is 0 Å². The maximum atomic E-state index is 12.7. The molecule has 0 spiro atoms. The Bertz CT molecular complexity index is 1070. The lowest BCUT2D eigenvalue weighted by Gasteiger charge is -2.19. The van der Waals surface area contributed by atoms with Crippen molar-refractivity contribution in [3.63, 3.8) is 0 Å². The van der Waals surface area contributed by atoms with Crippen LogP contribution in [0.2, 0.25) is 0 Å². The molecule has 0 saturated carbocycles. The molecule has 4 heteroatoms. The zero-order valence-corrected chi connectivity index (χ0v) is 16.5. The topological polar surface area (TPSA) is 34.9 Å². The average molecular weight is 397 g/mol. The van der Waals surface area contributed by atoms with Crippen LogP contribution in [0.3, 0.4) is 0 Å². The Balaban J connectivity index is 2.15. The maximum absolute atomic E-state index is 12.7. The lowest BCUT2D eigenvalue weighted by Crippen LogP contribution is -2.24. The van der Waals surface area contributed by atoms with Crippen molar-refractivity contribution < 1.29 is 0 Å². The Morgan fingerprint density at radius 1 is 1.24 bits per heavy atom. The van der Waals surface area contributed by atoms with Gasteiger partial charge in [0.1, 0.15) is 5.82 Å². The van der Waals surface area contributed by atoms with Gasteiger partial charge in [-0.1, -0.05) is 32.0 Å². The molecule has 0 radical (unpaired) electrons. The molecule has 0 saturated heterocycles. The minimum Gasteiger partial charge on any atom is -0.296 e. The van der Waals surface area contributed by atoms with E-state index >= 15 is 0 Å². The first-order valence-electron chi connectivity index (χ1n) is 8.72. The first kappa shape index (κ1) is 16.5. The fraction of sp³-hybridized carbons (Fsp3) is 0.333. The number of hydrogen-bond donors (Lipinski definition) is 0. The summed E-state index contributed by atoms with van der Waals surface area (Å²) in [7, 11) is 0. The van der Waals surface area contributed by atoms with Crippen LogP contribution in [0, 0.1) is 0 Å². The average Bonchev–Trinajstić information content (AvgIpc) is 2.81. The SMILES string of the molecule is CCC(C)c1ccc2c(c1)-n1c(nc(=O)c3c(Br)cccc31)C2(C)C. The number of nitrogens with zero attached hydrogens (tertiary/aromatic N) is 2. The molecule has 2 heterocycles. The summed E-state index contributed by atoms with van der Waals surface area (Å²) in [5.41, 5.74) is 4.15. The molecule has 1 aliphatic rings. The van der Waals surface area contributed by atoms with Gasteiger partial charge in [0.2, 0.25) is 0 Å². The molecule has 1 aliphatic heterocycles. The second-order valence-electron chi connectivity index (χ2n) is 7.42. The van der Waals surface area contributed by atoms with E-state index in [0.29, 0.717) is 11.3 Å². The molecule has 0 amide bonds. The Morgan fingerprint density at radius 2 is 2.00 bits per heavy atom. The van der Waals surface area contributed by atoms with Crippen molar-refractivity contribution in [2.75, 3.05) is 0 Å². The standard InChI is InChI=1S/C21H21BrN2O/c1-5-12(2)13-9-10-14-17(11-13)24-16-8-6-7-15(22)18(16)19(25)23-20(24)21(14,3)4/h6-12H,5H2,1-4H3. The molecule has 1 atom stereocenters. The summed E-state index contributed by atoms with van der Waals surface area (Å²) in [5, 5.41) is 0.642. The molecule has 0 fully saturated rings. The highest BCUT2D eigenvalue weighted by Crippen LogP contribution is 2.44. The summed E-state index contributed by atoms with van der Waals surface area (Å²) in [6, 6.07) is 12.6. The molecule has 4 rings (SSSR count). The fourth-order valence-electron chi connectivity index (χ4n) is 3.81. The number of aromatic nitrogens is 2. The summed E-state index contributed by atoms with van der Waals surface area (Å²) < 4.78 is 2.96. The van der Waals surface area contributed by atoms with Gasteiger partial charge in [0.25, 0.3) is 5.56 Å². The highest BCUT2D eigenvalue weighted by atomic mass is 79.9. The van der Waals surface area contributed by atoms with Crippen molar-refractivity contribution in [3.05, 3.63) is 68.2 Å². The lowest BCUT2D eigenvalue weighted by molar-refractivity contribution is 0.610. The van der Waals surface area contributed by atoms with E-state index in [1.165, 1.54) is 11.1 Å². The minimum absolute atomic E-state index is 0.170. The van der Waals surface area contributed by atoms with Gasteiger partial charge in [0.05, 0.1) is 22.0 Å². The van der Waals surface area contributed by atoms with Crippen LogP contribution in [0.5, 0.6) is 0 Å². The third kappa shape index (κ3) is 2.23. The van der Waals surface area contributed by atoms with E-state index < -0.39 is 0 Å². The molecule has 0 aliphatic carbocycles. The molecule has 1 aromatic heterocycles. The molecule has 2 aromatic carbocycles. The highest BCUT2D eigenvalue weighted by Gasteiger charge is 2.38. The Labute approximate surface area is 155 Å². The molecular weight excluding hydrogens is 376 g/mol. The van der Waals surface area contributed by atoms with Gasteiger partial charge < -0.3 is 0 Å². The molecular formula is C21H21BrN2O. The Hall–Kier alpha value is -1.94. The Kier molecular flexibility index (Phi) is 3.66. The van der Waals surface area contributed by atoms with Crippen LogP contribution in [0.4, 0.5) is 0 Å². The number of rotatable bonds is 2. The van der Waals surface area contributed by atoms with Crippen LogP contribution in [-0.2, 0) is 5.41 Å². The normalized spacial score (nSPS) is 15.9. The largest absolute Gasteiger partial charge is 0.296 e. The van der Waals surface area contributed by atoms with Gasteiger partial charge in [0.15, 0.2) is 0 Å². The predicted molar refractivity (Wildman–Crippen MR) is 106 cm³/mol. The van der Waals surface area contributed by atoms with E-state index in [2.05, 4.69) is 71.4 Å². The van der Waals surface area contributed by atoms with E-state index in [1.54, 1.807) is 0 Å². The van der Waals surface area contributed by atoms with E-state index in [-0.39, 0.29) is 11.0 Å². The van der Waals surface area contributed by atoms with Gasteiger partial charge in [-0.05, 0) is 71.4 Å².